The summed E-state index contributed by atoms with van der Waals surface area (Å²) >= 11 is 3.39. The Hall–Kier alpha value is -3.41. The van der Waals surface area contributed by atoms with Crippen molar-refractivity contribution < 1.29 is 32.6 Å². The molecule has 0 aliphatic heterocycles. The largest absolute Gasteiger partial charge is 0.497 e. The van der Waals surface area contributed by atoms with Gasteiger partial charge in [0.15, 0.2) is 0 Å². The van der Waals surface area contributed by atoms with E-state index in [2.05, 4.69) is 26.0 Å². The van der Waals surface area contributed by atoms with Crippen LogP contribution in [0.3, 0.4) is 0 Å². The zero-order chi connectivity index (χ0) is 27.8. The van der Waals surface area contributed by atoms with Crippen molar-refractivity contribution >= 4 is 37.8 Å². The zero-order valence-corrected chi connectivity index (χ0v) is 23.3. The van der Waals surface area contributed by atoms with Gasteiger partial charge in [-0.3, -0.25) is 4.79 Å². The lowest BCUT2D eigenvalue weighted by molar-refractivity contribution is -0.157. The van der Waals surface area contributed by atoms with Gasteiger partial charge in [0.05, 0.1) is 12.0 Å². The van der Waals surface area contributed by atoms with E-state index in [1.165, 1.54) is 38.3 Å². The predicted molar refractivity (Wildman–Crippen MR) is 146 cm³/mol. The van der Waals surface area contributed by atoms with E-state index in [0.717, 1.165) is 15.6 Å². The number of hydrogen-bond acceptors (Lipinski definition) is 6. The lowest BCUT2D eigenvalue weighted by atomic mass is 10.1. The standard InChI is InChI=1S/C27H29BrN2O7S/c1-19(31)29-18-4-3-17-27(26(32)33,37-24-13-11-23(36-2)12-14-24)30-38(34,35)25-15-7-21(8-16-25)20-5-9-22(28)10-6-20/h5-16,30H,3-4,17-18H2,1-2H3,(H,29,31)(H,32,33). The Balaban J connectivity index is 1.88. The second-order valence-electron chi connectivity index (χ2n) is 8.49. The maximum absolute atomic E-state index is 13.4. The number of carboxylic acid groups (broad SMARTS) is 1. The molecule has 1 amide bonds. The second-order valence-corrected chi connectivity index (χ2v) is 11.1. The van der Waals surface area contributed by atoms with Gasteiger partial charge in [-0.2, -0.15) is 4.72 Å². The summed E-state index contributed by atoms with van der Waals surface area (Å²) in [5.41, 5.74) is -0.603. The second kappa shape index (κ2) is 12.9. The third-order valence-corrected chi connectivity index (χ3v) is 7.69. The summed E-state index contributed by atoms with van der Waals surface area (Å²) in [7, 11) is -2.83. The molecule has 11 heteroatoms. The quantitative estimate of drug-likeness (QED) is 0.192. The minimum Gasteiger partial charge on any atom is -0.497 e. The topological polar surface area (TPSA) is 131 Å². The van der Waals surface area contributed by atoms with Gasteiger partial charge in [0.1, 0.15) is 11.5 Å². The number of amides is 1. The minimum atomic E-state index is -4.32. The highest BCUT2D eigenvalue weighted by atomic mass is 79.9. The Labute approximate surface area is 230 Å². The summed E-state index contributed by atoms with van der Waals surface area (Å²) in [5.74, 6) is -1.04. The number of sulfonamides is 1. The SMILES string of the molecule is COc1ccc(OC(CCCCNC(C)=O)(NS(=O)(=O)c2ccc(-c3ccc(Br)cc3)cc2)C(=O)O)cc1. The highest BCUT2D eigenvalue weighted by Crippen LogP contribution is 2.28. The summed E-state index contributed by atoms with van der Waals surface area (Å²) in [6.07, 6.45) is 0.488. The third-order valence-electron chi connectivity index (χ3n) is 5.67. The molecule has 0 aliphatic rings. The number of carbonyl (C=O) groups is 2. The number of halogens is 1. The molecule has 0 radical (unpaired) electrons. The number of ether oxygens (including phenoxy) is 2. The van der Waals surface area contributed by atoms with Crippen LogP contribution in [0.4, 0.5) is 0 Å². The molecule has 3 N–H and O–H groups in total. The molecule has 0 heterocycles. The average Bonchev–Trinajstić information content (AvgIpc) is 2.89. The van der Waals surface area contributed by atoms with Crippen LogP contribution in [0.1, 0.15) is 26.2 Å². The fourth-order valence-corrected chi connectivity index (χ4v) is 5.21. The maximum Gasteiger partial charge on any atom is 0.364 e. The first-order chi connectivity index (χ1) is 18.0. The molecule has 0 saturated carbocycles. The fourth-order valence-electron chi connectivity index (χ4n) is 3.67. The predicted octanol–water partition coefficient (Wildman–Crippen LogP) is 4.57. The molecule has 0 fully saturated rings. The van der Waals surface area contributed by atoms with Crippen molar-refractivity contribution in [2.24, 2.45) is 0 Å². The highest BCUT2D eigenvalue weighted by molar-refractivity contribution is 9.10. The monoisotopic (exact) mass is 604 g/mol. The van der Waals surface area contributed by atoms with Crippen LogP contribution in [0.2, 0.25) is 0 Å². The highest BCUT2D eigenvalue weighted by Gasteiger charge is 2.45. The fraction of sp³-hybridized carbons (Fsp3) is 0.259. The van der Waals surface area contributed by atoms with Crippen LogP contribution in [-0.2, 0) is 19.6 Å². The van der Waals surface area contributed by atoms with Gasteiger partial charge in [-0.1, -0.05) is 40.2 Å². The lowest BCUT2D eigenvalue weighted by Gasteiger charge is -2.31. The molecule has 3 aromatic carbocycles. The van der Waals surface area contributed by atoms with Gasteiger partial charge in [0.25, 0.3) is 5.72 Å². The summed E-state index contributed by atoms with van der Waals surface area (Å²) in [6, 6.07) is 19.8. The molecule has 1 atom stereocenters. The first-order valence-corrected chi connectivity index (χ1v) is 14.0. The van der Waals surface area contributed by atoms with Crippen molar-refractivity contribution in [3.8, 4) is 22.6 Å². The van der Waals surface area contributed by atoms with Gasteiger partial charge < -0.3 is 19.9 Å². The van der Waals surface area contributed by atoms with E-state index in [-0.39, 0.29) is 29.4 Å². The number of benzene rings is 3. The van der Waals surface area contributed by atoms with Crippen LogP contribution in [0.5, 0.6) is 11.5 Å². The van der Waals surface area contributed by atoms with Gasteiger partial charge in [-0.05, 0) is 72.5 Å². The molecular formula is C27H29BrN2O7S. The van der Waals surface area contributed by atoms with E-state index < -0.39 is 21.7 Å². The summed E-state index contributed by atoms with van der Waals surface area (Å²) in [6.45, 7) is 1.70. The molecule has 0 bridgehead atoms. The third kappa shape index (κ3) is 7.80. The van der Waals surface area contributed by atoms with E-state index >= 15 is 0 Å². The van der Waals surface area contributed by atoms with Crippen molar-refractivity contribution in [1.82, 2.24) is 10.0 Å². The number of nitrogens with one attached hydrogen (secondary N) is 2. The molecule has 0 saturated heterocycles. The van der Waals surface area contributed by atoms with Crippen LogP contribution in [0.25, 0.3) is 11.1 Å². The van der Waals surface area contributed by atoms with Crippen molar-refractivity contribution in [2.75, 3.05) is 13.7 Å². The molecule has 38 heavy (non-hydrogen) atoms. The van der Waals surface area contributed by atoms with Gasteiger partial charge in [0, 0.05) is 24.4 Å². The Bertz CT molecular complexity index is 1350. The zero-order valence-electron chi connectivity index (χ0n) is 20.9. The van der Waals surface area contributed by atoms with Crippen LogP contribution in [0, 0.1) is 0 Å². The van der Waals surface area contributed by atoms with Gasteiger partial charge >= 0.3 is 5.97 Å². The minimum absolute atomic E-state index is 0.111. The Morgan fingerprint density at radius 2 is 1.45 bits per heavy atom. The van der Waals surface area contributed by atoms with Crippen LogP contribution < -0.4 is 19.5 Å². The van der Waals surface area contributed by atoms with Gasteiger partial charge in [-0.15, -0.1) is 0 Å². The first-order valence-electron chi connectivity index (χ1n) is 11.8. The van der Waals surface area contributed by atoms with Crippen LogP contribution >= 0.6 is 15.9 Å². The van der Waals surface area contributed by atoms with Gasteiger partial charge in [0.2, 0.25) is 15.9 Å². The molecule has 0 spiro atoms. The Morgan fingerprint density at radius 3 is 1.97 bits per heavy atom. The average molecular weight is 606 g/mol. The number of carbonyl (C=O) groups excluding carboxylic acids is 1. The smallest absolute Gasteiger partial charge is 0.364 e. The lowest BCUT2D eigenvalue weighted by Crippen LogP contribution is -2.58. The number of hydrogen-bond donors (Lipinski definition) is 3. The molecular weight excluding hydrogens is 576 g/mol. The summed E-state index contributed by atoms with van der Waals surface area (Å²) in [4.78, 5) is 23.6. The van der Waals surface area contributed by atoms with Crippen molar-refractivity contribution in [3.63, 3.8) is 0 Å². The summed E-state index contributed by atoms with van der Waals surface area (Å²) in [5, 5.41) is 12.8. The molecule has 3 aromatic rings. The van der Waals surface area contributed by atoms with E-state index in [1.54, 1.807) is 24.3 Å². The molecule has 0 aromatic heterocycles. The van der Waals surface area contributed by atoms with Crippen LogP contribution in [0.15, 0.2) is 82.2 Å². The van der Waals surface area contributed by atoms with E-state index in [0.29, 0.717) is 18.7 Å². The first kappa shape index (κ1) is 29.2. The molecule has 9 nitrogen and oxygen atoms in total. The Morgan fingerprint density at radius 1 is 0.895 bits per heavy atom. The van der Waals surface area contributed by atoms with Crippen molar-refractivity contribution in [2.45, 2.75) is 36.8 Å². The molecule has 202 valence electrons. The van der Waals surface area contributed by atoms with Crippen molar-refractivity contribution in [1.29, 1.82) is 0 Å². The molecule has 0 aliphatic carbocycles. The van der Waals surface area contributed by atoms with Crippen LogP contribution in [-0.4, -0.2) is 44.8 Å². The Kier molecular flexibility index (Phi) is 9.90. The number of aliphatic carboxylic acids is 1. The number of methoxy groups -OCH3 is 1. The maximum atomic E-state index is 13.4. The number of rotatable bonds is 13. The van der Waals surface area contributed by atoms with Gasteiger partial charge in [-0.25, -0.2) is 13.2 Å². The van der Waals surface area contributed by atoms with E-state index in [9.17, 15) is 23.1 Å². The number of carboxylic acids is 1. The van der Waals surface area contributed by atoms with E-state index in [4.69, 9.17) is 9.47 Å². The van der Waals surface area contributed by atoms with E-state index in [1.807, 2.05) is 24.3 Å². The molecule has 3 rings (SSSR count). The normalized spacial score (nSPS) is 12.8. The summed E-state index contributed by atoms with van der Waals surface area (Å²) < 4.78 is 40.9. The number of unbranched alkanes of at least 4 members (excludes halogenated alkanes) is 1. The van der Waals surface area contributed by atoms with Crippen molar-refractivity contribution in [3.05, 3.63) is 77.3 Å². The molecule has 1 unspecified atom stereocenters.